The van der Waals surface area contributed by atoms with Gasteiger partial charge in [0.15, 0.2) is 0 Å². The van der Waals surface area contributed by atoms with Gasteiger partial charge in [-0.05, 0) is 0 Å². The predicted octanol–water partition coefficient (Wildman–Crippen LogP) is 6.81. The van der Waals surface area contributed by atoms with Crippen molar-refractivity contribution in [2.45, 2.75) is 58.7 Å². The molecule has 0 N–H and O–H groups in total. The van der Waals surface area contributed by atoms with Crippen molar-refractivity contribution in [1.82, 2.24) is 0 Å². The van der Waals surface area contributed by atoms with E-state index in [1.165, 1.54) is 12.1 Å². The Bertz CT molecular complexity index is 433. The first kappa shape index (κ1) is 19.6. The molecular formula is C20H34HfSi2+2. The van der Waals surface area contributed by atoms with Crippen LogP contribution in [-0.4, -0.2) is 16.1 Å². The summed E-state index contributed by atoms with van der Waals surface area (Å²) in [6, 6.07) is 3.08. The molecule has 0 heterocycles. The van der Waals surface area contributed by atoms with Gasteiger partial charge in [-0.25, -0.2) is 0 Å². The van der Waals surface area contributed by atoms with Crippen molar-refractivity contribution < 1.29 is 22.9 Å². The molecule has 2 atom stereocenters. The van der Waals surface area contributed by atoms with Crippen molar-refractivity contribution in [2.75, 3.05) is 0 Å². The van der Waals surface area contributed by atoms with Crippen LogP contribution in [0.3, 0.4) is 0 Å². The molecule has 0 amide bonds. The Kier molecular flexibility index (Phi) is 6.89. The molecule has 0 aliphatic heterocycles. The van der Waals surface area contributed by atoms with Crippen LogP contribution < -0.4 is 0 Å². The Morgan fingerprint density at radius 1 is 0.652 bits per heavy atom. The normalized spacial score (nSPS) is 21.1. The second-order valence-corrected chi connectivity index (χ2v) is 27.2. The van der Waals surface area contributed by atoms with Crippen LogP contribution in [0.5, 0.6) is 0 Å². The molecule has 2 aliphatic carbocycles. The minimum absolute atomic E-state index is 0.719. The summed E-state index contributed by atoms with van der Waals surface area (Å²) < 4.78 is 2.06. The second kappa shape index (κ2) is 8.10. The Balaban J connectivity index is 2.14. The number of rotatable bonds is 8. The van der Waals surface area contributed by atoms with Crippen LogP contribution >= 0.6 is 0 Å². The molecule has 0 aromatic heterocycles. The van der Waals surface area contributed by atoms with Crippen molar-refractivity contribution in [3.05, 3.63) is 48.6 Å². The van der Waals surface area contributed by atoms with Gasteiger partial charge in [0.1, 0.15) is 0 Å². The molecule has 0 fully saturated rings. The molecular weight excluding hydrogens is 475 g/mol. The van der Waals surface area contributed by atoms with Gasteiger partial charge < -0.3 is 0 Å². The van der Waals surface area contributed by atoms with Gasteiger partial charge in [-0.1, -0.05) is 0 Å². The molecule has 2 unspecified atom stereocenters. The summed E-state index contributed by atoms with van der Waals surface area (Å²) in [4.78, 5) is 0. The summed E-state index contributed by atoms with van der Waals surface area (Å²) in [5, 5.41) is 0. The molecule has 124 valence electrons. The van der Waals surface area contributed by atoms with Crippen molar-refractivity contribution in [3.63, 3.8) is 0 Å². The van der Waals surface area contributed by atoms with Crippen LogP contribution in [0.4, 0.5) is 0 Å². The van der Waals surface area contributed by atoms with Crippen LogP contribution in [0.2, 0.25) is 58.7 Å². The third-order valence-electron chi connectivity index (χ3n) is 4.58. The van der Waals surface area contributed by atoms with Crippen molar-refractivity contribution in [2.24, 2.45) is 11.8 Å². The zero-order valence-electron chi connectivity index (χ0n) is 15.8. The van der Waals surface area contributed by atoms with Crippen LogP contribution in [-0.2, 0) is 22.9 Å². The van der Waals surface area contributed by atoms with Gasteiger partial charge in [0, 0.05) is 0 Å². The third-order valence-corrected chi connectivity index (χ3v) is 18.1. The Morgan fingerprint density at radius 2 is 0.957 bits per heavy atom. The molecule has 0 saturated carbocycles. The van der Waals surface area contributed by atoms with E-state index in [2.05, 4.69) is 87.9 Å². The quantitative estimate of drug-likeness (QED) is 0.316. The zero-order chi connectivity index (χ0) is 17.1. The Labute approximate surface area is 157 Å². The van der Waals surface area contributed by atoms with Gasteiger partial charge in [0.25, 0.3) is 0 Å². The molecule has 0 nitrogen and oxygen atoms in total. The number of hydrogen-bond donors (Lipinski definition) is 0. The molecule has 0 radical (unpaired) electrons. The van der Waals surface area contributed by atoms with Crippen LogP contribution in [0.25, 0.3) is 0 Å². The van der Waals surface area contributed by atoms with E-state index < -0.39 is 39.1 Å². The van der Waals surface area contributed by atoms with E-state index in [1.54, 1.807) is 0 Å². The summed E-state index contributed by atoms with van der Waals surface area (Å²) in [5.74, 6) is 1.53. The maximum atomic E-state index is 2.56. The maximum absolute atomic E-state index is 2.56. The summed E-state index contributed by atoms with van der Waals surface area (Å²) in [6.07, 6.45) is 19.1. The van der Waals surface area contributed by atoms with Crippen molar-refractivity contribution in [1.29, 1.82) is 0 Å². The molecule has 0 saturated heterocycles. The molecule has 3 heteroatoms. The fourth-order valence-electron chi connectivity index (χ4n) is 3.64. The van der Waals surface area contributed by atoms with E-state index in [0.717, 1.165) is 19.2 Å². The van der Waals surface area contributed by atoms with Gasteiger partial charge in [-0.15, -0.1) is 0 Å². The standard InChI is InChI=1S/2C10H17Si.Hf/c2*1-11(2,3)9-8-10-6-4-5-7-10;/h2*4-8,10H,9H2,1-3H3;/q;;+2. The molecule has 0 bridgehead atoms. The average molecular weight is 509 g/mol. The molecule has 0 aromatic rings. The summed E-state index contributed by atoms with van der Waals surface area (Å²) in [6.45, 7) is 15.4. The summed E-state index contributed by atoms with van der Waals surface area (Å²) in [5.41, 5.74) is 0. The molecule has 0 aromatic carbocycles. The van der Waals surface area contributed by atoms with Crippen molar-refractivity contribution >= 4 is 16.1 Å². The van der Waals surface area contributed by atoms with Crippen molar-refractivity contribution in [3.8, 4) is 0 Å². The fourth-order valence-corrected chi connectivity index (χ4v) is 28.0. The van der Waals surface area contributed by atoms with Gasteiger partial charge in [0.05, 0.1) is 0 Å². The first-order chi connectivity index (χ1) is 10.6. The predicted molar refractivity (Wildman–Crippen MR) is 107 cm³/mol. The SMILES string of the molecule is C[Si](C)(C)C[CH]([Hf+2][CH](C[Si](C)(C)C)C1C=CC=C1)C1C=CC=C1. The van der Waals surface area contributed by atoms with Crippen LogP contribution in [0.15, 0.2) is 48.6 Å². The Morgan fingerprint density at radius 3 is 1.22 bits per heavy atom. The minimum atomic E-state index is -0.997. The zero-order valence-corrected chi connectivity index (χ0v) is 21.4. The second-order valence-electron chi connectivity index (χ2n) is 9.60. The third kappa shape index (κ3) is 6.95. The van der Waals surface area contributed by atoms with Gasteiger partial charge >= 0.3 is 158 Å². The monoisotopic (exact) mass is 510 g/mol. The van der Waals surface area contributed by atoms with Gasteiger partial charge in [-0.3, -0.25) is 0 Å². The summed E-state index contributed by atoms with van der Waals surface area (Å²) >= 11 is -0.719. The van der Waals surface area contributed by atoms with E-state index >= 15 is 0 Å². The van der Waals surface area contributed by atoms with E-state index in [1.807, 2.05) is 0 Å². The Hall–Kier alpha value is 0.264. The topological polar surface area (TPSA) is 0 Å². The van der Waals surface area contributed by atoms with Crippen LogP contribution in [0.1, 0.15) is 0 Å². The first-order valence-electron chi connectivity index (χ1n) is 9.10. The molecule has 0 spiro atoms. The van der Waals surface area contributed by atoms with Crippen LogP contribution in [0, 0.1) is 11.8 Å². The molecule has 23 heavy (non-hydrogen) atoms. The molecule has 2 rings (SSSR count). The fraction of sp³-hybridized carbons (Fsp3) is 0.600. The summed E-state index contributed by atoms with van der Waals surface area (Å²) in [7, 11) is -1.99. The van der Waals surface area contributed by atoms with E-state index in [4.69, 9.17) is 0 Å². The first-order valence-corrected chi connectivity index (χ1v) is 20.7. The van der Waals surface area contributed by atoms with Gasteiger partial charge in [-0.2, -0.15) is 0 Å². The van der Waals surface area contributed by atoms with E-state index in [0.29, 0.717) is 0 Å². The average Bonchev–Trinajstić information content (AvgIpc) is 3.07. The number of hydrogen-bond acceptors (Lipinski definition) is 0. The molecule has 2 aliphatic rings. The van der Waals surface area contributed by atoms with E-state index in [-0.39, 0.29) is 0 Å². The number of allylic oxidation sites excluding steroid dienone is 8. The van der Waals surface area contributed by atoms with E-state index in [9.17, 15) is 0 Å². The van der Waals surface area contributed by atoms with Gasteiger partial charge in [0.2, 0.25) is 0 Å².